The molecule has 0 unspecified atom stereocenters. The van der Waals surface area contributed by atoms with Gasteiger partial charge in [-0.2, -0.15) is 0 Å². The van der Waals surface area contributed by atoms with Gasteiger partial charge in [0.05, 0.1) is 0 Å². The fourth-order valence-corrected chi connectivity index (χ4v) is 1.40. The molecule has 50 valence electrons. The molecule has 1 nitrogen and oxygen atoms in total. The second kappa shape index (κ2) is 1.69. The van der Waals surface area contributed by atoms with Gasteiger partial charge in [0.1, 0.15) is 0 Å². The molecular weight excluding hydrogens is 124 g/mol. The highest BCUT2D eigenvalue weighted by Crippen LogP contribution is 2.31. The molecule has 2 aliphatic rings. The van der Waals surface area contributed by atoms with Crippen LogP contribution in [0.15, 0.2) is 34.9 Å². The van der Waals surface area contributed by atoms with Crippen molar-refractivity contribution in [3.63, 3.8) is 0 Å². The number of hydrogen-bond acceptors (Lipinski definition) is 1. The molecule has 0 saturated heterocycles. The van der Waals surface area contributed by atoms with Gasteiger partial charge < -0.3 is 0 Å². The molecule has 0 radical (unpaired) electrons. The summed E-state index contributed by atoms with van der Waals surface area (Å²) < 4.78 is 0. The number of hydrogen-bond donors (Lipinski definition) is 0. The Balaban J connectivity index is 2.57. The summed E-state index contributed by atoms with van der Waals surface area (Å²) in [6.07, 6.45) is 6.75. The molecule has 0 atom stereocenters. The van der Waals surface area contributed by atoms with Gasteiger partial charge in [-0.05, 0) is 18.1 Å². The number of ketones is 1. The monoisotopic (exact) mass is 132 g/mol. The highest BCUT2D eigenvalue weighted by molar-refractivity contribution is 6.18. The molecule has 0 aliphatic heterocycles. The molecule has 1 heteroatoms. The van der Waals surface area contributed by atoms with Gasteiger partial charge >= 0.3 is 0 Å². The van der Waals surface area contributed by atoms with E-state index in [4.69, 9.17) is 0 Å². The zero-order chi connectivity index (χ0) is 7.14. The minimum absolute atomic E-state index is 0.219. The van der Waals surface area contributed by atoms with Crippen LogP contribution < -0.4 is 0 Å². The number of allylic oxidation sites excluding steroid dienone is 6. The minimum atomic E-state index is 0.219. The van der Waals surface area contributed by atoms with Crippen molar-refractivity contribution in [2.24, 2.45) is 0 Å². The van der Waals surface area contributed by atoms with Crippen molar-refractivity contribution in [3.8, 4) is 0 Å². The molecule has 0 N–H and O–H groups in total. The maximum Gasteiger partial charge on any atom is 0.193 e. The van der Waals surface area contributed by atoms with E-state index in [1.54, 1.807) is 0 Å². The SMILES string of the molecule is CCC1=C2C=CC(=C1)C2=O. The Hall–Kier alpha value is -1.11. The van der Waals surface area contributed by atoms with E-state index in [9.17, 15) is 4.79 Å². The summed E-state index contributed by atoms with van der Waals surface area (Å²) in [5.41, 5.74) is 2.98. The maximum atomic E-state index is 11.1. The first kappa shape index (κ1) is 5.66. The highest BCUT2D eigenvalue weighted by Gasteiger charge is 2.25. The molecule has 2 bridgehead atoms. The molecule has 0 spiro atoms. The van der Waals surface area contributed by atoms with Crippen LogP contribution in [0.25, 0.3) is 0 Å². The van der Waals surface area contributed by atoms with Crippen LogP contribution in [0.3, 0.4) is 0 Å². The van der Waals surface area contributed by atoms with Gasteiger partial charge in [-0.1, -0.05) is 19.1 Å². The summed E-state index contributed by atoms with van der Waals surface area (Å²) >= 11 is 0. The molecule has 0 aromatic rings. The van der Waals surface area contributed by atoms with Gasteiger partial charge in [-0.15, -0.1) is 0 Å². The van der Waals surface area contributed by atoms with Crippen molar-refractivity contribution in [1.29, 1.82) is 0 Å². The van der Waals surface area contributed by atoms with E-state index >= 15 is 0 Å². The van der Waals surface area contributed by atoms with E-state index in [-0.39, 0.29) is 5.78 Å². The third-order valence-electron chi connectivity index (χ3n) is 1.99. The lowest BCUT2D eigenvalue weighted by Crippen LogP contribution is -1.90. The van der Waals surface area contributed by atoms with Gasteiger partial charge in [-0.25, -0.2) is 0 Å². The van der Waals surface area contributed by atoms with Crippen LogP contribution in [0.1, 0.15) is 13.3 Å². The number of carbonyl (C=O) groups excluding carboxylic acids is 1. The van der Waals surface area contributed by atoms with Gasteiger partial charge in [0.2, 0.25) is 0 Å². The number of carbonyl (C=O) groups is 1. The first-order valence-electron chi connectivity index (χ1n) is 3.50. The van der Waals surface area contributed by atoms with Crippen LogP contribution in [0.2, 0.25) is 0 Å². The van der Waals surface area contributed by atoms with Crippen LogP contribution in [-0.4, -0.2) is 5.78 Å². The molecule has 2 rings (SSSR count). The summed E-state index contributed by atoms with van der Waals surface area (Å²) in [6, 6.07) is 0. The Bertz CT molecular complexity index is 290. The highest BCUT2D eigenvalue weighted by atomic mass is 16.1. The standard InChI is InChI=1S/C9H8O/c1-2-6-5-7-3-4-8(6)9(7)10/h3-5H,2H2,1H3. The quantitative estimate of drug-likeness (QED) is 0.531. The molecule has 10 heavy (non-hydrogen) atoms. The number of rotatable bonds is 1. The second-order valence-electron chi connectivity index (χ2n) is 2.55. The average molecular weight is 132 g/mol. The van der Waals surface area contributed by atoms with Crippen molar-refractivity contribution in [1.82, 2.24) is 0 Å². The van der Waals surface area contributed by atoms with Crippen molar-refractivity contribution in [2.45, 2.75) is 13.3 Å². The van der Waals surface area contributed by atoms with Gasteiger partial charge in [0, 0.05) is 11.1 Å². The largest absolute Gasteiger partial charge is 0.289 e. The summed E-state index contributed by atoms with van der Waals surface area (Å²) in [5, 5.41) is 0. The zero-order valence-electron chi connectivity index (χ0n) is 5.85. The Morgan fingerprint density at radius 2 is 2.20 bits per heavy atom. The topological polar surface area (TPSA) is 17.1 Å². The smallest absolute Gasteiger partial charge is 0.193 e. The Morgan fingerprint density at radius 3 is 2.50 bits per heavy atom. The van der Waals surface area contributed by atoms with Crippen LogP contribution in [0, 0.1) is 0 Å². The van der Waals surface area contributed by atoms with E-state index in [1.165, 1.54) is 5.57 Å². The van der Waals surface area contributed by atoms with E-state index in [2.05, 4.69) is 6.92 Å². The fourth-order valence-electron chi connectivity index (χ4n) is 1.40. The van der Waals surface area contributed by atoms with E-state index in [0.29, 0.717) is 0 Å². The lowest BCUT2D eigenvalue weighted by Gasteiger charge is -1.94. The van der Waals surface area contributed by atoms with Crippen LogP contribution in [-0.2, 0) is 4.79 Å². The van der Waals surface area contributed by atoms with Gasteiger partial charge in [0.15, 0.2) is 5.78 Å². The average Bonchev–Trinajstić information content (AvgIpc) is 2.46. The molecule has 0 saturated carbocycles. The van der Waals surface area contributed by atoms with Crippen LogP contribution in [0.5, 0.6) is 0 Å². The minimum Gasteiger partial charge on any atom is -0.289 e. The first-order valence-corrected chi connectivity index (χ1v) is 3.50. The fraction of sp³-hybridized carbons (Fsp3) is 0.222. The maximum absolute atomic E-state index is 11.1. The Kier molecular flexibility index (Phi) is 0.956. The number of fused-ring (bicyclic) bond motifs is 2. The third kappa shape index (κ3) is 0.499. The predicted molar refractivity (Wildman–Crippen MR) is 39.5 cm³/mol. The van der Waals surface area contributed by atoms with E-state index in [1.807, 2.05) is 18.2 Å². The predicted octanol–water partition coefficient (Wildman–Crippen LogP) is 1.77. The van der Waals surface area contributed by atoms with Crippen LogP contribution >= 0.6 is 0 Å². The summed E-state index contributed by atoms with van der Waals surface area (Å²) in [5.74, 6) is 0.219. The van der Waals surface area contributed by atoms with Gasteiger partial charge in [-0.3, -0.25) is 4.79 Å². The van der Waals surface area contributed by atoms with E-state index < -0.39 is 0 Å². The molecule has 0 aromatic carbocycles. The van der Waals surface area contributed by atoms with Crippen molar-refractivity contribution in [3.05, 3.63) is 34.9 Å². The molecule has 0 aromatic heterocycles. The lowest BCUT2D eigenvalue weighted by molar-refractivity contribution is -0.111. The zero-order valence-corrected chi connectivity index (χ0v) is 5.85. The second-order valence-corrected chi connectivity index (χ2v) is 2.55. The summed E-state index contributed by atoms with van der Waals surface area (Å²) in [7, 11) is 0. The van der Waals surface area contributed by atoms with Crippen LogP contribution in [0.4, 0.5) is 0 Å². The molecular formula is C9H8O. The molecule has 2 aliphatic carbocycles. The van der Waals surface area contributed by atoms with Crippen molar-refractivity contribution in [2.75, 3.05) is 0 Å². The molecule has 0 amide bonds. The first-order chi connectivity index (χ1) is 4.83. The molecule has 0 heterocycles. The Labute approximate surface area is 59.7 Å². The summed E-state index contributed by atoms with van der Waals surface area (Å²) in [6.45, 7) is 2.07. The number of Topliss-reactive ketones (excluding diaryl/α,β-unsaturated/α-hetero) is 1. The molecule has 0 fully saturated rings. The Morgan fingerprint density at radius 1 is 1.40 bits per heavy atom. The summed E-state index contributed by atoms with van der Waals surface area (Å²) in [4.78, 5) is 11.1. The van der Waals surface area contributed by atoms with Crippen molar-refractivity contribution >= 4 is 5.78 Å². The third-order valence-corrected chi connectivity index (χ3v) is 1.99. The normalized spacial score (nSPS) is 20.9. The van der Waals surface area contributed by atoms with Gasteiger partial charge in [0.25, 0.3) is 0 Å². The van der Waals surface area contributed by atoms with Crippen molar-refractivity contribution < 1.29 is 4.79 Å². The lowest BCUT2D eigenvalue weighted by atomic mass is 10.1. The van der Waals surface area contributed by atoms with E-state index in [0.717, 1.165) is 17.6 Å².